The molecule has 8 heteroatoms. The molecule has 2 aromatic rings. The summed E-state index contributed by atoms with van der Waals surface area (Å²) in [6.45, 7) is 0. The third-order valence-corrected chi connectivity index (χ3v) is 5.58. The van der Waals surface area contributed by atoms with Gasteiger partial charge in [-0.1, -0.05) is 23.2 Å². The standard InChI is InChI=1S/C17H14Cl2FN3O2/c18-11-6-13(15(24)7-12(11)19)22-17(25)23-8-1-2-14(23)9-3-4-21-16(20)10(9)5-8/h3-4,6-8,14,24H,1-2,5H2,(H,22,25)/t8-,14+/m1/s1. The monoisotopic (exact) mass is 381 g/mol. The van der Waals surface area contributed by atoms with Gasteiger partial charge in [0.05, 0.1) is 21.8 Å². The Labute approximate surface area is 153 Å². The van der Waals surface area contributed by atoms with Gasteiger partial charge in [0, 0.05) is 23.9 Å². The maximum absolute atomic E-state index is 14.0. The fourth-order valence-corrected chi connectivity index (χ4v) is 4.06. The average Bonchev–Trinajstić information content (AvgIpc) is 2.89. The van der Waals surface area contributed by atoms with Crippen LogP contribution >= 0.6 is 23.2 Å². The molecule has 2 atom stereocenters. The van der Waals surface area contributed by atoms with Crippen molar-refractivity contribution in [3.05, 3.63) is 51.5 Å². The van der Waals surface area contributed by atoms with Crippen LogP contribution in [0.15, 0.2) is 24.4 Å². The van der Waals surface area contributed by atoms with Crippen molar-refractivity contribution in [3.63, 3.8) is 0 Å². The van der Waals surface area contributed by atoms with Crippen LogP contribution in [-0.4, -0.2) is 27.1 Å². The summed E-state index contributed by atoms with van der Waals surface area (Å²) in [5, 5.41) is 13.1. The Morgan fingerprint density at radius 3 is 2.88 bits per heavy atom. The van der Waals surface area contributed by atoms with Gasteiger partial charge in [-0.3, -0.25) is 0 Å². The van der Waals surface area contributed by atoms with Gasteiger partial charge in [-0.05, 0) is 37.0 Å². The van der Waals surface area contributed by atoms with Crippen LogP contribution in [0.2, 0.25) is 10.0 Å². The minimum absolute atomic E-state index is 0.0962. The molecule has 2 bridgehead atoms. The van der Waals surface area contributed by atoms with Crippen molar-refractivity contribution in [2.45, 2.75) is 31.3 Å². The topological polar surface area (TPSA) is 65.5 Å². The van der Waals surface area contributed by atoms with E-state index >= 15 is 0 Å². The van der Waals surface area contributed by atoms with E-state index in [0.29, 0.717) is 12.0 Å². The summed E-state index contributed by atoms with van der Waals surface area (Å²) in [6.07, 6.45) is 3.42. The first-order chi connectivity index (χ1) is 12.0. The molecule has 2 aliphatic rings. The molecule has 2 N–H and O–H groups in total. The Morgan fingerprint density at radius 1 is 1.32 bits per heavy atom. The highest BCUT2D eigenvalue weighted by atomic mass is 35.5. The minimum Gasteiger partial charge on any atom is -0.506 e. The molecule has 0 spiro atoms. The van der Waals surface area contributed by atoms with E-state index < -0.39 is 5.95 Å². The summed E-state index contributed by atoms with van der Waals surface area (Å²) in [7, 11) is 0. The number of nitrogens with zero attached hydrogens (tertiary/aromatic N) is 2. The predicted molar refractivity (Wildman–Crippen MR) is 92.6 cm³/mol. The van der Waals surface area contributed by atoms with Crippen LogP contribution in [0, 0.1) is 5.95 Å². The first-order valence-electron chi connectivity index (χ1n) is 7.86. The summed E-state index contributed by atoms with van der Waals surface area (Å²) < 4.78 is 14.0. The molecule has 0 unspecified atom stereocenters. The minimum atomic E-state index is -0.461. The molecule has 0 radical (unpaired) electrons. The van der Waals surface area contributed by atoms with Gasteiger partial charge in [-0.15, -0.1) is 0 Å². The second kappa shape index (κ2) is 6.04. The van der Waals surface area contributed by atoms with E-state index in [2.05, 4.69) is 10.3 Å². The summed E-state index contributed by atoms with van der Waals surface area (Å²) in [6, 6.07) is 3.80. The van der Waals surface area contributed by atoms with Crippen molar-refractivity contribution in [2.75, 3.05) is 5.32 Å². The molecule has 1 saturated heterocycles. The molecular formula is C17H14Cl2FN3O2. The number of aromatic nitrogens is 1. The third-order valence-electron chi connectivity index (χ3n) is 4.86. The van der Waals surface area contributed by atoms with Crippen molar-refractivity contribution in [2.24, 2.45) is 0 Å². The van der Waals surface area contributed by atoms with E-state index in [4.69, 9.17) is 23.2 Å². The molecule has 1 aromatic carbocycles. The first-order valence-corrected chi connectivity index (χ1v) is 8.62. The molecule has 3 heterocycles. The molecule has 25 heavy (non-hydrogen) atoms. The SMILES string of the molecule is O=C(Nc1cc(Cl)c(Cl)cc1O)N1[C@@H]2CC[C@H]1c1ccnc(F)c1C2. The zero-order valence-corrected chi connectivity index (χ0v) is 14.5. The van der Waals surface area contributed by atoms with Gasteiger partial charge in [0.1, 0.15) is 5.75 Å². The van der Waals surface area contributed by atoms with E-state index in [0.717, 1.165) is 18.4 Å². The molecule has 5 nitrogen and oxygen atoms in total. The highest BCUT2D eigenvalue weighted by molar-refractivity contribution is 6.42. The molecule has 130 valence electrons. The summed E-state index contributed by atoms with van der Waals surface area (Å²) in [4.78, 5) is 18.2. The highest BCUT2D eigenvalue weighted by Gasteiger charge is 2.43. The van der Waals surface area contributed by atoms with E-state index in [1.165, 1.54) is 18.3 Å². The summed E-state index contributed by atoms with van der Waals surface area (Å²) in [5.41, 5.74) is 1.58. The van der Waals surface area contributed by atoms with Crippen LogP contribution in [0.3, 0.4) is 0 Å². The number of amides is 2. The van der Waals surface area contributed by atoms with Crippen molar-refractivity contribution >= 4 is 34.9 Å². The van der Waals surface area contributed by atoms with E-state index in [1.807, 2.05) is 0 Å². The zero-order chi connectivity index (χ0) is 17.7. The van der Waals surface area contributed by atoms with E-state index in [-0.39, 0.29) is 39.6 Å². The van der Waals surface area contributed by atoms with Gasteiger partial charge in [0.25, 0.3) is 0 Å². The fraction of sp³-hybridized carbons (Fsp3) is 0.294. The Hall–Kier alpha value is -2.05. The quantitative estimate of drug-likeness (QED) is 0.563. The first kappa shape index (κ1) is 16.4. The number of fused-ring (bicyclic) bond motifs is 4. The lowest BCUT2D eigenvalue weighted by Crippen LogP contribution is -2.44. The number of nitrogens with one attached hydrogen (secondary N) is 1. The van der Waals surface area contributed by atoms with Gasteiger partial charge < -0.3 is 15.3 Å². The second-order valence-corrected chi connectivity index (χ2v) is 7.06. The largest absolute Gasteiger partial charge is 0.506 e. The van der Waals surface area contributed by atoms with Crippen LogP contribution in [-0.2, 0) is 6.42 Å². The molecule has 0 saturated carbocycles. The van der Waals surface area contributed by atoms with Crippen LogP contribution in [0.1, 0.15) is 30.0 Å². The van der Waals surface area contributed by atoms with Gasteiger partial charge >= 0.3 is 6.03 Å². The maximum atomic E-state index is 14.0. The molecular weight excluding hydrogens is 368 g/mol. The highest BCUT2D eigenvalue weighted by Crippen LogP contribution is 2.44. The number of anilines is 1. The van der Waals surface area contributed by atoms with Crippen molar-refractivity contribution in [3.8, 4) is 5.75 Å². The van der Waals surface area contributed by atoms with Crippen LogP contribution < -0.4 is 5.32 Å². The molecule has 4 rings (SSSR count). The Balaban J connectivity index is 1.63. The fourth-order valence-electron chi connectivity index (χ4n) is 3.74. The zero-order valence-electron chi connectivity index (χ0n) is 13.0. The molecule has 1 fully saturated rings. The lowest BCUT2D eigenvalue weighted by Gasteiger charge is -2.36. The number of phenolic OH excluding ortho intramolecular Hbond substituents is 1. The molecule has 0 aliphatic carbocycles. The number of benzene rings is 1. The van der Waals surface area contributed by atoms with Crippen molar-refractivity contribution in [1.29, 1.82) is 0 Å². The van der Waals surface area contributed by atoms with Gasteiger partial charge in [0.2, 0.25) is 5.95 Å². The Kier molecular flexibility index (Phi) is 3.96. The predicted octanol–water partition coefficient (Wildman–Crippen LogP) is 4.53. The summed E-state index contributed by atoms with van der Waals surface area (Å²) >= 11 is 11.8. The third kappa shape index (κ3) is 2.69. The number of urea groups is 1. The second-order valence-electron chi connectivity index (χ2n) is 6.24. The smallest absolute Gasteiger partial charge is 0.322 e. The van der Waals surface area contributed by atoms with Crippen molar-refractivity contribution in [1.82, 2.24) is 9.88 Å². The van der Waals surface area contributed by atoms with Crippen molar-refractivity contribution < 1.29 is 14.3 Å². The lowest BCUT2D eigenvalue weighted by atomic mass is 9.95. The van der Waals surface area contributed by atoms with E-state index in [1.54, 1.807) is 11.0 Å². The Morgan fingerprint density at radius 2 is 2.08 bits per heavy atom. The number of phenols is 1. The van der Waals surface area contributed by atoms with Gasteiger partial charge in [-0.25, -0.2) is 9.78 Å². The number of pyridine rings is 1. The number of hydrogen-bond acceptors (Lipinski definition) is 3. The molecule has 2 amide bonds. The van der Waals surface area contributed by atoms with Crippen LogP contribution in [0.4, 0.5) is 14.9 Å². The number of rotatable bonds is 1. The lowest BCUT2D eigenvalue weighted by molar-refractivity contribution is 0.178. The maximum Gasteiger partial charge on any atom is 0.322 e. The van der Waals surface area contributed by atoms with E-state index in [9.17, 15) is 14.3 Å². The summed E-state index contributed by atoms with van der Waals surface area (Å²) in [5.74, 6) is -0.626. The average molecular weight is 382 g/mol. The van der Waals surface area contributed by atoms with Gasteiger partial charge in [0.15, 0.2) is 0 Å². The number of carbonyl (C=O) groups excluding carboxylic acids is 1. The van der Waals surface area contributed by atoms with Crippen LogP contribution in [0.25, 0.3) is 0 Å². The van der Waals surface area contributed by atoms with Crippen LogP contribution in [0.5, 0.6) is 5.75 Å². The molecule has 2 aliphatic heterocycles. The molecule has 1 aromatic heterocycles. The number of hydrogen-bond donors (Lipinski definition) is 2. The Bertz CT molecular complexity index is 877. The van der Waals surface area contributed by atoms with Gasteiger partial charge in [-0.2, -0.15) is 4.39 Å². The number of aromatic hydroxyl groups is 1. The number of halogens is 3. The normalized spacial score (nSPS) is 21.2. The number of carbonyl (C=O) groups is 1.